The molecule has 1 N–H and O–H groups in total. The van der Waals surface area contributed by atoms with Crippen molar-refractivity contribution < 1.29 is 9.13 Å². The Balaban J connectivity index is 1.58. The van der Waals surface area contributed by atoms with Crippen molar-refractivity contribution in [2.24, 2.45) is 0 Å². The van der Waals surface area contributed by atoms with Crippen molar-refractivity contribution in [1.82, 2.24) is 19.9 Å². The molecule has 0 radical (unpaired) electrons. The van der Waals surface area contributed by atoms with Gasteiger partial charge in [-0.3, -0.25) is 9.88 Å². The summed E-state index contributed by atoms with van der Waals surface area (Å²) in [7, 11) is 1.71. The van der Waals surface area contributed by atoms with Crippen LogP contribution in [-0.2, 0) is 24.2 Å². The summed E-state index contributed by atoms with van der Waals surface area (Å²) in [6.45, 7) is 3.93. The minimum Gasteiger partial charge on any atom is -0.385 e. The fraction of sp³-hybridized carbons (Fsp3) is 0.348. The van der Waals surface area contributed by atoms with Crippen LogP contribution in [0.4, 0.5) is 10.2 Å². The quantitative estimate of drug-likeness (QED) is 0.575. The van der Waals surface area contributed by atoms with Crippen LogP contribution in [0.1, 0.15) is 23.2 Å². The van der Waals surface area contributed by atoms with Gasteiger partial charge in [-0.1, -0.05) is 12.1 Å². The molecule has 3 heterocycles. The molecule has 0 bridgehead atoms. The van der Waals surface area contributed by atoms with Crippen molar-refractivity contribution in [3.63, 3.8) is 0 Å². The topological polar surface area (TPSA) is 63.2 Å². The Morgan fingerprint density at radius 2 is 1.90 bits per heavy atom. The van der Waals surface area contributed by atoms with Gasteiger partial charge in [0.1, 0.15) is 11.6 Å². The van der Waals surface area contributed by atoms with E-state index in [1.807, 2.05) is 24.3 Å². The van der Waals surface area contributed by atoms with E-state index in [2.05, 4.69) is 15.2 Å². The van der Waals surface area contributed by atoms with E-state index in [-0.39, 0.29) is 5.82 Å². The highest BCUT2D eigenvalue weighted by Gasteiger charge is 2.23. The summed E-state index contributed by atoms with van der Waals surface area (Å²) in [6, 6.07) is 10.6. The average molecular weight is 407 g/mol. The van der Waals surface area contributed by atoms with Crippen molar-refractivity contribution in [3.8, 4) is 11.4 Å². The SMILES string of the molecule is COCCCNc1nc(-c2ccncc2)nc2c1CCN(Cc1ccc(F)cc1)C2. The molecule has 1 aromatic carbocycles. The van der Waals surface area contributed by atoms with Gasteiger partial charge in [0.05, 0.1) is 5.69 Å². The number of hydrogen-bond donors (Lipinski definition) is 1. The van der Waals surface area contributed by atoms with Gasteiger partial charge < -0.3 is 10.1 Å². The standard InChI is InChI=1S/C23H26FN5O/c1-30-14-2-10-26-23-20-9-13-29(15-17-3-5-19(24)6-4-17)16-21(20)27-22(28-23)18-7-11-25-12-8-18/h3-8,11-12H,2,9-10,13-16H2,1H3,(H,26,27,28). The molecule has 30 heavy (non-hydrogen) atoms. The van der Waals surface area contributed by atoms with E-state index in [0.29, 0.717) is 12.4 Å². The Morgan fingerprint density at radius 1 is 1.10 bits per heavy atom. The molecule has 0 amide bonds. The number of aromatic nitrogens is 3. The van der Waals surface area contributed by atoms with Crippen molar-refractivity contribution in [1.29, 1.82) is 0 Å². The summed E-state index contributed by atoms with van der Waals surface area (Å²) >= 11 is 0. The second-order valence-electron chi connectivity index (χ2n) is 7.42. The summed E-state index contributed by atoms with van der Waals surface area (Å²) in [5.74, 6) is 1.40. The van der Waals surface area contributed by atoms with E-state index in [4.69, 9.17) is 14.7 Å². The summed E-state index contributed by atoms with van der Waals surface area (Å²) < 4.78 is 18.4. The Hall–Kier alpha value is -2.90. The van der Waals surface area contributed by atoms with Gasteiger partial charge in [-0.25, -0.2) is 14.4 Å². The van der Waals surface area contributed by atoms with Crippen LogP contribution in [0, 0.1) is 5.82 Å². The van der Waals surface area contributed by atoms with Crippen molar-refractivity contribution in [2.75, 3.05) is 32.1 Å². The molecular formula is C23H26FN5O. The van der Waals surface area contributed by atoms with Crippen LogP contribution < -0.4 is 5.32 Å². The van der Waals surface area contributed by atoms with Crippen molar-refractivity contribution >= 4 is 5.82 Å². The summed E-state index contributed by atoms with van der Waals surface area (Å²) in [6.07, 6.45) is 5.30. The van der Waals surface area contributed by atoms with Crippen molar-refractivity contribution in [3.05, 3.63) is 71.4 Å². The number of nitrogens with zero attached hydrogens (tertiary/aromatic N) is 4. The molecule has 2 aromatic heterocycles. The van der Waals surface area contributed by atoms with E-state index >= 15 is 0 Å². The summed E-state index contributed by atoms with van der Waals surface area (Å²) in [5, 5.41) is 3.48. The highest BCUT2D eigenvalue weighted by atomic mass is 19.1. The predicted molar refractivity (Wildman–Crippen MR) is 114 cm³/mol. The van der Waals surface area contributed by atoms with E-state index in [9.17, 15) is 4.39 Å². The van der Waals surface area contributed by atoms with Gasteiger partial charge in [0, 0.05) is 63.4 Å². The molecule has 6 nitrogen and oxygen atoms in total. The van der Waals surface area contributed by atoms with Gasteiger partial charge in [-0.05, 0) is 42.7 Å². The summed E-state index contributed by atoms with van der Waals surface area (Å²) in [4.78, 5) is 16.1. The first-order valence-corrected chi connectivity index (χ1v) is 10.2. The number of halogens is 1. The number of hydrogen-bond acceptors (Lipinski definition) is 6. The number of fused-ring (bicyclic) bond motifs is 1. The second kappa shape index (κ2) is 9.73. The first-order chi connectivity index (χ1) is 14.7. The molecule has 0 fully saturated rings. The lowest BCUT2D eigenvalue weighted by Crippen LogP contribution is -2.32. The third-order valence-corrected chi connectivity index (χ3v) is 5.22. The van der Waals surface area contributed by atoms with Crippen LogP contribution in [0.3, 0.4) is 0 Å². The maximum Gasteiger partial charge on any atom is 0.161 e. The molecule has 0 saturated heterocycles. The fourth-order valence-corrected chi connectivity index (χ4v) is 3.67. The number of benzene rings is 1. The Morgan fingerprint density at radius 3 is 2.67 bits per heavy atom. The zero-order valence-corrected chi connectivity index (χ0v) is 17.1. The van der Waals surface area contributed by atoms with Gasteiger partial charge in [0.15, 0.2) is 5.82 Å². The van der Waals surface area contributed by atoms with Crippen LogP contribution in [0.15, 0.2) is 48.8 Å². The molecule has 7 heteroatoms. The monoisotopic (exact) mass is 407 g/mol. The first-order valence-electron chi connectivity index (χ1n) is 10.2. The minimum absolute atomic E-state index is 0.207. The number of nitrogens with one attached hydrogen (secondary N) is 1. The van der Waals surface area contributed by atoms with Gasteiger partial charge in [0.25, 0.3) is 0 Å². The largest absolute Gasteiger partial charge is 0.385 e. The van der Waals surface area contributed by atoms with Gasteiger partial charge in [0.2, 0.25) is 0 Å². The second-order valence-corrected chi connectivity index (χ2v) is 7.42. The summed E-state index contributed by atoms with van der Waals surface area (Å²) in [5.41, 5.74) is 4.27. The molecule has 0 saturated carbocycles. The van der Waals surface area contributed by atoms with E-state index in [0.717, 1.165) is 61.7 Å². The zero-order valence-electron chi connectivity index (χ0n) is 17.1. The van der Waals surface area contributed by atoms with Crippen LogP contribution >= 0.6 is 0 Å². The molecule has 1 aliphatic heterocycles. The Bertz CT molecular complexity index is 965. The van der Waals surface area contributed by atoms with E-state index in [1.54, 1.807) is 19.5 Å². The number of ether oxygens (including phenoxy) is 1. The maximum absolute atomic E-state index is 13.2. The molecular weight excluding hydrogens is 381 g/mol. The lowest BCUT2D eigenvalue weighted by molar-refractivity contribution is 0.197. The maximum atomic E-state index is 13.2. The first kappa shape index (κ1) is 20.4. The Kier molecular flexibility index (Phi) is 6.61. The number of pyridine rings is 1. The Labute approximate surface area is 176 Å². The molecule has 0 spiro atoms. The zero-order chi connectivity index (χ0) is 20.8. The van der Waals surface area contributed by atoms with Crippen LogP contribution in [-0.4, -0.2) is 46.7 Å². The van der Waals surface area contributed by atoms with E-state index in [1.165, 1.54) is 17.7 Å². The molecule has 0 aliphatic carbocycles. The molecule has 0 atom stereocenters. The predicted octanol–water partition coefficient (Wildman–Crippen LogP) is 3.68. The third kappa shape index (κ3) is 4.98. The van der Waals surface area contributed by atoms with Crippen LogP contribution in [0.25, 0.3) is 11.4 Å². The highest BCUT2D eigenvalue weighted by Crippen LogP contribution is 2.27. The number of anilines is 1. The van der Waals surface area contributed by atoms with Gasteiger partial charge in [-0.2, -0.15) is 0 Å². The van der Waals surface area contributed by atoms with Gasteiger partial charge >= 0.3 is 0 Å². The smallest absolute Gasteiger partial charge is 0.161 e. The minimum atomic E-state index is -0.207. The fourth-order valence-electron chi connectivity index (χ4n) is 3.67. The number of methoxy groups -OCH3 is 1. The molecule has 156 valence electrons. The molecule has 3 aromatic rings. The molecule has 0 unspecified atom stereocenters. The lowest BCUT2D eigenvalue weighted by Gasteiger charge is -2.29. The lowest BCUT2D eigenvalue weighted by atomic mass is 10.0. The molecule has 1 aliphatic rings. The third-order valence-electron chi connectivity index (χ3n) is 5.22. The van der Waals surface area contributed by atoms with Crippen LogP contribution in [0.2, 0.25) is 0 Å². The van der Waals surface area contributed by atoms with Gasteiger partial charge in [-0.15, -0.1) is 0 Å². The highest BCUT2D eigenvalue weighted by molar-refractivity contribution is 5.59. The normalized spacial score (nSPS) is 13.8. The van der Waals surface area contributed by atoms with Crippen molar-refractivity contribution in [2.45, 2.75) is 25.9 Å². The van der Waals surface area contributed by atoms with Crippen LogP contribution in [0.5, 0.6) is 0 Å². The van der Waals surface area contributed by atoms with E-state index < -0.39 is 0 Å². The average Bonchev–Trinajstić information content (AvgIpc) is 2.78. The molecule has 4 rings (SSSR count). The number of rotatable bonds is 8.